The lowest BCUT2D eigenvalue weighted by molar-refractivity contribution is 0.306. The highest BCUT2D eigenvalue weighted by Crippen LogP contribution is 2.38. The van der Waals surface area contributed by atoms with E-state index < -0.39 is 0 Å². The minimum atomic E-state index is 0.216. The molecule has 2 N–H and O–H groups in total. The van der Waals surface area contributed by atoms with Gasteiger partial charge in [-0.15, -0.1) is 0 Å². The fraction of sp³-hybridized carbons (Fsp3) is 0.684. The molecule has 1 unspecified atom stereocenters. The molecule has 0 aliphatic heterocycles. The van der Waals surface area contributed by atoms with Crippen molar-refractivity contribution in [2.45, 2.75) is 71.1 Å². The van der Waals surface area contributed by atoms with Crippen molar-refractivity contribution in [2.75, 3.05) is 6.54 Å². The highest BCUT2D eigenvalue weighted by Gasteiger charge is 2.26. The van der Waals surface area contributed by atoms with Crippen LogP contribution >= 0.6 is 0 Å². The van der Waals surface area contributed by atoms with Crippen molar-refractivity contribution < 1.29 is 0 Å². The lowest BCUT2D eigenvalue weighted by Crippen LogP contribution is -2.25. The van der Waals surface area contributed by atoms with Crippen molar-refractivity contribution in [1.29, 1.82) is 0 Å². The average molecular weight is 273 g/mol. The second-order valence-corrected chi connectivity index (χ2v) is 7.56. The predicted octanol–water partition coefficient (Wildman–Crippen LogP) is 4.92. The summed E-state index contributed by atoms with van der Waals surface area (Å²) in [5, 5.41) is 0. The molecule has 0 amide bonds. The van der Waals surface area contributed by atoms with E-state index in [4.69, 9.17) is 5.73 Å². The molecule has 0 spiro atoms. The van der Waals surface area contributed by atoms with Crippen LogP contribution in [0.5, 0.6) is 0 Å². The Morgan fingerprint density at radius 3 is 2.35 bits per heavy atom. The molecule has 1 aliphatic carbocycles. The van der Waals surface area contributed by atoms with Crippen LogP contribution in [0, 0.1) is 12.8 Å². The van der Waals surface area contributed by atoms with Crippen molar-refractivity contribution in [2.24, 2.45) is 11.7 Å². The van der Waals surface area contributed by atoms with Gasteiger partial charge in [0.15, 0.2) is 0 Å². The molecule has 0 heterocycles. The normalized spacial score (nSPS) is 19.1. The Hall–Kier alpha value is -0.820. The molecular formula is C19H31N. The van der Waals surface area contributed by atoms with Gasteiger partial charge in [0, 0.05) is 0 Å². The van der Waals surface area contributed by atoms with Crippen LogP contribution in [0.1, 0.15) is 75.5 Å². The maximum absolute atomic E-state index is 6.16. The third-order valence-corrected chi connectivity index (χ3v) is 5.02. The van der Waals surface area contributed by atoms with Gasteiger partial charge < -0.3 is 5.73 Å². The van der Waals surface area contributed by atoms with Crippen LogP contribution in [0.25, 0.3) is 0 Å². The molecule has 1 nitrogen and oxygen atoms in total. The van der Waals surface area contributed by atoms with Crippen molar-refractivity contribution in [1.82, 2.24) is 0 Å². The first kappa shape index (κ1) is 15.6. The van der Waals surface area contributed by atoms with E-state index >= 15 is 0 Å². The summed E-state index contributed by atoms with van der Waals surface area (Å²) in [6.45, 7) is 9.91. The first-order valence-electron chi connectivity index (χ1n) is 8.24. The molecule has 2 rings (SSSR count). The van der Waals surface area contributed by atoms with Crippen LogP contribution in [0.2, 0.25) is 0 Å². The summed E-state index contributed by atoms with van der Waals surface area (Å²) in [7, 11) is 0. The van der Waals surface area contributed by atoms with E-state index in [1.54, 1.807) is 0 Å². The Balaban J connectivity index is 2.32. The number of benzene rings is 1. The Bertz CT molecular complexity index is 436. The van der Waals surface area contributed by atoms with Crippen molar-refractivity contribution >= 4 is 0 Å². The minimum absolute atomic E-state index is 0.216. The van der Waals surface area contributed by atoms with Gasteiger partial charge in [-0.1, -0.05) is 58.2 Å². The molecule has 1 saturated carbocycles. The molecule has 1 aliphatic rings. The lowest BCUT2D eigenvalue weighted by atomic mass is 9.74. The van der Waals surface area contributed by atoms with Crippen LogP contribution in [0.15, 0.2) is 18.2 Å². The van der Waals surface area contributed by atoms with Crippen LogP contribution in [-0.2, 0) is 5.41 Å². The van der Waals surface area contributed by atoms with Gasteiger partial charge in [0.05, 0.1) is 0 Å². The number of nitrogens with two attached hydrogens (primary N) is 1. The zero-order chi connectivity index (χ0) is 14.8. The number of rotatable bonds is 3. The molecular weight excluding hydrogens is 242 g/mol. The van der Waals surface area contributed by atoms with Gasteiger partial charge in [0.1, 0.15) is 0 Å². The Kier molecular flexibility index (Phi) is 4.90. The monoisotopic (exact) mass is 273 g/mol. The minimum Gasteiger partial charge on any atom is -0.330 e. The van der Waals surface area contributed by atoms with Gasteiger partial charge in [-0.05, 0) is 60.3 Å². The standard InChI is InChI=1S/C19H31N/c1-14-10-11-16(19(2,3)4)12-17(14)18(13-20)15-8-6-5-7-9-15/h10-12,15,18H,5-9,13,20H2,1-4H3. The summed E-state index contributed by atoms with van der Waals surface area (Å²) in [4.78, 5) is 0. The van der Waals surface area contributed by atoms with Gasteiger partial charge in [-0.2, -0.15) is 0 Å². The number of aryl methyl sites for hydroxylation is 1. The van der Waals surface area contributed by atoms with Crippen molar-refractivity contribution in [3.05, 3.63) is 34.9 Å². The Morgan fingerprint density at radius 2 is 1.80 bits per heavy atom. The highest BCUT2D eigenvalue weighted by atomic mass is 14.6. The van der Waals surface area contributed by atoms with E-state index in [-0.39, 0.29) is 5.41 Å². The topological polar surface area (TPSA) is 26.0 Å². The highest BCUT2D eigenvalue weighted by molar-refractivity contribution is 5.37. The lowest BCUT2D eigenvalue weighted by Gasteiger charge is -2.32. The number of hydrogen-bond donors (Lipinski definition) is 1. The maximum Gasteiger partial charge on any atom is -0.000546 e. The fourth-order valence-electron chi connectivity index (χ4n) is 3.62. The SMILES string of the molecule is Cc1ccc(C(C)(C)C)cc1C(CN)C1CCCCC1. The molecule has 0 bridgehead atoms. The zero-order valence-corrected chi connectivity index (χ0v) is 13.7. The molecule has 0 saturated heterocycles. The van der Waals surface area contributed by atoms with Crippen LogP contribution in [0.4, 0.5) is 0 Å². The van der Waals surface area contributed by atoms with E-state index in [9.17, 15) is 0 Å². The van der Waals surface area contributed by atoms with E-state index in [1.165, 1.54) is 48.8 Å². The third kappa shape index (κ3) is 3.44. The summed E-state index contributed by atoms with van der Waals surface area (Å²) in [6.07, 6.45) is 6.91. The van der Waals surface area contributed by atoms with Crippen molar-refractivity contribution in [3.63, 3.8) is 0 Å². The summed E-state index contributed by atoms with van der Waals surface area (Å²) in [5.41, 5.74) is 10.7. The van der Waals surface area contributed by atoms with E-state index in [0.29, 0.717) is 5.92 Å². The smallest absolute Gasteiger partial charge is 0.000546 e. The van der Waals surface area contributed by atoms with Gasteiger partial charge in [0.25, 0.3) is 0 Å². The molecule has 1 fully saturated rings. The molecule has 20 heavy (non-hydrogen) atoms. The first-order chi connectivity index (χ1) is 9.43. The molecule has 1 atom stereocenters. The average Bonchev–Trinajstić information content (AvgIpc) is 2.41. The molecule has 1 heteroatoms. The first-order valence-corrected chi connectivity index (χ1v) is 8.24. The van der Waals surface area contributed by atoms with Gasteiger partial charge in [-0.3, -0.25) is 0 Å². The fourth-order valence-corrected chi connectivity index (χ4v) is 3.62. The third-order valence-electron chi connectivity index (χ3n) is 5.02. The second kappa shape index (κ2) is 6.30. The van der Waals surface area contributed by atoms with Gasteiger partial charge in [-0.25, -0.2) is 0 Å². The zero-order valence-electron chi connectivity index (χ0n) is 13.7. The quantitative estimate of drug-likeness (QED) is 0.831. The maximum atomic E-state index is 6.16. The van der Waals surface area contributed by atoms with Crippen LogP contribution < -0.4 is 5.73 Å². The summed E-state index contributed by atoms with van der Waals surface area (Å²) in [6, 6.07) is 7.01. The molecule has 1 aromatic carbocycles. The van der Waals surface area contributed by atoms with E-state index in [1.807, 2.05) is 0 Å². The molecule has 0 radical (unpaired) electrons. The van der Waals surface area contributed by atoms with Gasteiger partial charge >= 0.3 is 0 Å². The second-order valence-electron chi connectivity index (χ2n) is 7.56. The number of hydrogen-bond acceptors (Lipinski definition) is 1. The van der Waals surface area contributed by atoms with Crippen molar-refractivity contribution in [3.8, 4) is 0 Å². The molecule has 0 aromatic heterocycles. The van der Waals surface area contributed by atoms with E-state index in [0.717, 1.165) is 12.5 Å². The Morgan fingerprint density at radius 1 is 1.15 bits per heavy atom. The van der Waals surface area contributed by atoms with Gasteiger partial charge in [0.2, 0.25) is 0 Å². The summed E-state index contributed by atoms with van der Waals surface area (Å²) < 4.78 is 0. The largest absolute Gasteiger partial charge is 0.330 e. The van der Waals surface area contributed by atoms with Crippen LogP contribution in [0.3, 0.4) is 0 Å². The van der Waals surface area contributed by atoms with E-state index in [2.05, 4.69) is 45.9 Å². The predicted molar refractivity (Wildman–Crippen MR) is 88.2 cm³/mol. The summed E-state index contributed by atoms with van der Waals surface area (Å²) in [5.74, 6) is 1.35. The molecule has 1 aromatic rings. The molecule has 112 valence electrons. The summed E-state index contributed by atoms with van der Waals surface area (Å²) >= 11 is 0. The van der Waals surface area contributed by atoms with Crippen LogP contribution in [-0.4, -0.2) is 6.54 Å². The Labute approximate surface area is 125 Å².